The van der Waals surface area contributed by atoms with Gasteiger partial charge in [-0.05, 0) is 86.5 Å². The highest BCUT2D eigenvalue weighted by atomic mass is 16.6. The molecule has 4 aromatic rings. The van der Waals surface area contributed by atoms with Crippen LogP contribution in [-0.4, -0.2) is 29.1 Å². The summed E-state index contributed by atoms with van der Waals surface area (Å²) in [5.74, 6) is -0.232. The number of carbonyl (C=O) groups is 2. The molecule has 3 aromatic carbocycles. The van der Waals surface area contributed by atoms with E-state index in [0.29, 0.717) is 35.6 Å². The monoisotopic (exact) mass is 508 g/mol. The highest BCUT2D eigenvalue weighted by Crippen LogP contribution is 2.26. The van der Waals surface area contributed by atoms with Crippen molar-refractivity contribution in [3.8, 4) is 11.1 Å². The van der Waals surface area contributed by atoms with E-state index in [0.717, 1.165) is 16.8 Å². The van der Waals surface area contributed by atoms with Gasteiger partial charge in [-0.15, -0.1) is 0 Å². The number of rotatable bonds is 7. The summed E-state index contributed by atoms with van der Waals surface area (Å²) in [6.07, 6.45) is 1.86. The predicted molar refractivity (Wildman–Crippen MR) is 152 cm³/mol. The molecule has 0 bridgehead atoms. The van der Waals surface area contributed by atoms with Crippen LogP contribution in [0.3, 0.4) is 0 Å². The smallest absolute Gasteiger partial charge is 0.414 e. The van der Waals surface area contributed by atoms with E-state index in [4.69, 9.17) is 10.5 Å². The van der Waals surface area contributed by atoms with Crippen molar-refractivity contribution < 1.29 is 14.3 Å². The number of carbonyl (C=O) groups excluding carboxylic acids is 2. The fourth-order valence-corrected chi connectivity index (χ4v) is 3.93. The Kier molecular flexibility index (Phi) is 8.06. The van der Waals surface area contributed by atoms with Gasteiger partial charge in [-0.25, -0.2) is 4.79 Å². The summed E-state index contributed by atoms with van der Waals surface area (Å²) in [4.78, 5) is 32.2. The van der Waals surface area contributed by atoms with E-state index in [1.165, 1.54) is 0 Å². The van der Waals surface area contributed by atoms with E-state index in [1.54, 1.807) is 41.4 Å². The summed E-state index contributed by atoms with van der Waals surface area (Å²) in [6.45, 7) is 5.90. The lowest BCUT2D eigenvalue weighted by Gasteiger charge is -2.27. The molecule has 4 rings (SSSR count). The molecule has 1 heterocycles. The van der Waals surface area contributed by atoms with Crippen molar-refractivity contribution in [1.82, 2.24) is 4.98 Å². The van der Waals surface area contributed by atoms with Crippen LogP contribution in [0.25, 0.3) is 11.1 Å². The SMILES string of the molecule is CC(C)(C)OC(=O)N(CCc1ccccn1)c1ccc(NC(=O)c2ccccc2-c2ccc(N)cc2)cc1. The van der Waals surface area contributed by atoms with Crippen LogP contribution in [0.2, 0.25) is 0 Å². The number of pyridine rings is 1. The number of amides is 2. The van der Waals surface area contributed by atoms with Gasteiger partial charge in [0.2, 0.25) is 0 Å². The third kappa shape index (κ3) is 6.97. The number of nitrogen functional groups attached to an aromatic ring is 1. The number of aromatic nitrogens is 1. The molecule has 3 N–H and O–H groups in total. The summed E-state index contributed by atoms with van der Waals surface area (Å²) in [6, 6.07) is 27.7. The van der Waals surface area contributed by atoms with Gasteiger partial charge in [-0.2, -0.15) is 0 Å². The van der Waals surface area contributed by atoms with E-state index < -0.39 is 11.7 Å². The van der Waals surface area contributed by atoms with Crippen LogP contribution in [-0.2, 0) is 11.2 Å². The zero-order valence-electron chi connectivity index (χ0n) is 21.8. The molecule has 0 spiro atoms. The zero-order chi connectivity index (χ0) is 27.1. The second-order valence-electron chi connectivity index (χ2n) is 9.87. The summed E-state index contributed by atoms with van der Waals surface area (Å²) in [5, 5.41) is 2.96. The van der Waals surface area contributed by atoms with Gasteiger partial charge in [0.05, 0.1) is 0 Å². The number of benzene rings is 3. The molecule has 0 atom stereocenters. The average Bonchev–Trinajstić information content (AvgIpc) is 2.90. The number of nitrogens with zero attached hydrogens (tertiary/aromatic N) is 2. The first-order valence-corrected chi connectivity index (χ1v) is 12.5. The summed E-state index contributed by atoms with van der Waals surface area (Å²) >= 11 is 0. The van der Waals surface area contributed by atoms with Crippen molar-refractivity contribution in [2.45, 2.75) is 32.8 Å². The number of nitrogens with one attached hydrogen (secondary N) is 1. The van der Waals surface area contributed by atoms with Gasteiger partial charge in [0.25, 0.3) is 5.91 Å². The van der Waals surface area contributed by atoms with Gasteiger partial charge in [0, 0.05) is 47.5 Å². The second-order valence-corrected chi connectivity index (χ2v) is 9.87. The number of hydrogen-bond donors (Lipinski definition) is 2. The standard InChI is InChI=1S/C31H32N4O3/c1-31(2,3)38-30(37)35(21-19-24-8-6-7-20-33-24)26-17-15-25(16-18-26)34-29(36)28-10-5-4-9-27(28)22-11-13-23(32)14-12-22/h4-18,20H,19,21,32H2,1-3H3,(H,34,36). The zero-order valence-corrected chi connectivity index (χ0v) is 21.8. The molecule has 0 radical (unpaired) electrons. The fourth-order valence-electron chi connectivity index (χ4n) is 3.93. The first kappa shape index (κ1) is 26.4. The molecular formula is C31H32N4O3. The van der Waals surface area contributed by atoms with Crippen LogP contribution >= 0.6 is 0 Å². The molecule has 2 amide bonds. The van der Waals surface area contributed by atoms with E-state index >= 15 is 0 Å². The molecule has 7 nitrogen and oxygen atoms in total. The van der Waals surface area contributed by atoms with E-state index in [1.807, 2.05) is 81.4 Å². The fraction of sp³-hybridized carbons (Fsp3) is 0.194. The first-order chi connectivity index (χ1) is 18.2. The lowest BCUT2D eigenvalue weighted by atomic mass is 9.99. The van der Waals surface area contributed by atoms with Crippen molar-refractivity contribution >= 4 is 29.1 Å². The topological polar surface area (TPSA) is 97.5 Å². The molecule has 0 fully saturated rings. The Balaban J connectivity index is 1.52. The molecule has 7 heteroatoms. The Morgan fingerprint density at radius 1 is 0.895 bits per heavy atom. The molecule has 38 heavy (non-hydrogen) atoms. The van der Waals surface area contributed by atoms with Crippen LogP contribution in [0.15, 0.2) is 97.2 Å². The highest BCUT2D eigenvalue weighted by Gasteiger charge is 2.23. The number of hydrogen-bond acceptors (Lipinski definition) is 5. The van der Waals surface area contributed by atoms with Crippen LogP contribution in [0.1, 0.15) is 36.8 Å². The lowest BCUT2D eigenvalue weighted by molar-refractivity contribution is 0.0580. The van der Waals surface area contributed by atoms with Gasteiger partial charge >= 0.3 is 6.09 Å². The minimum absolute atomic E-state index is 0.232. The van der Waals surface area contributed by atoms with E-state index in [-0.39, 0.29) is 5.91 Å². The lowest BCUT2D eigenvalue weighted by Crippen LogP contribution is -2.38. The molecule has 1 aromatic heterocycles. The van der Waals surface area contributed by atoms with Gasteiger partial charge in [0.15, 0.2) is 0 Å². The van der Waals surface area contributed by atoms with Crippen molar-refractivity contribution in [3.05, 3.63) is 108 Å². The third-order valence-electron chi connectivity index (χ3n) is 5.76. The van der Waals surface area contributed by atoms with E-state index in [2.05, 4.69) is 10.3 Å². The third-order valence-corrected chi connectivity index (χ3v) is 5.76. The first-order valence-electron chi connectivity index (χ1n) is 12.5. The number of nitrogens with two attached hydrogens (primary N) is 1. The summed E-state index contributed by atoms with van der Waals surface area (Å²) in [5.41, 5.74) is 10.3. The Hall–Kier alpha value is -4.65. The van der Waals surface area contributed by atoms with Crippen molar-refractivity contribution in [3.63, 3.8) is 0 Å². The second kappa shape index (κ2) is 11.6. The summed E-state index contributed by atoms with van der Waals surface area (Å²) < 4.78 is 5.65. The maximum Gasteiger partial charge on any atom is 0.414 e. The maximum atomic E-state index is 13.2. The Bertz CT molecular complexity index is 1380. The van der Waals surface area contributed by atoms with E-state index in [9.17, 15) is 9.59 Å². The number of anilines is 3. The molecule has 0 aliphatic rings. The van der Waals surface area contributed by atoms with Gasteiger partial charge in [0.1, 0.15) is 5.60 Å². The number of ether oxygens (including phenoxy) is 1. The Morgan fingerprint density at radius 3 is 2.24 bits per heavy atom. The van der Waals surface area contributed by atoms with Crippen molar-refractivity contribution in [1.29, 1.82) is 0 Å². The predicted octanol–water partition coefficient (Wildman–Crippen LogP) is 6.57. The molecule has 0 aliphatic carbocycles. The highest BCUT2D eigenvalue weighted by molar-refractivity contribution is 6.08. The Labute approximate surface area is 223 Å². The largest absolute Gasteiger partial charge is 0.443 e. The summed E-state index contributed by atoms with van der Waals surface area (Å²) in [7, 11) is 0. The van der Waals surface area contributed by atoms with Crippen LogP contribution in [0.5, 0.6) is 0 Å². The Morgan fingerprint density at radius 2 is 1.58 bits per heavy atom. The average molecular weight is 509 g/mol. The molecule has 0 saturated heterocycles. The quantitative estimate of drug-likeness (QED) is 0.275. The minimum Gasteiger partial charge on any atom is -0.443 e. The van der Waals surface area contributed by atoms with Gasteiger partial charge < -0.3 is 15.8 Å². The van der Waals surface area contributed by atoms with Crippen LogP contribution < -0.4 is 16.0 Å². The van der Waals surface area contributed by atoms with Crippen LogP contribution in [0, 0.1) is 0 Å². The molecule has 0 unspecified atom stereocenters. The van der Waals surface area contributed by atoms with Crippen LogP contribution in [0.4, 0.5) is 21.9 Å². The van der Waals surface area contributed by atoms with Gasteiger partial charge in [-0.3, -0.25) is 14.7 Å². The normalized spacial score (nSPS) is 11.0. The molecular weight excluding hydrogens is 476 g/mol. The van der Waals surface area contributed by atoms with Crippen molar-refractivity contribution in [2.24, 2.45) is 0 Å². The minimum atomic E-state index is -0.633. The molecule has 0 saturated carbocycles. The maximum absolute atomic E-state index is 13.2. The molecule has 194 valence electrons. The van der Waals surface area contributed by atoms with Gasteiger partial charge in [-0.1, -0.05) is 36.4 Å². The van der Waals surface area contributed by atoms with Crippen molar-refractivity contribution in [2.75, 3.05) is 22.5 Å². The molecule has 0 aliphatic heterocycles.